The number of likely N-dealkylation sites (tertiary alicyclic amines) is 1. The Hall–Kier alpha value is -3.17. The highest BCUT2D eigenvalue weighted by atomic mass is 16.6. The lowest BCUT2D eigenvalue weighted by Crippen LogP contribution is -2.63. The summed E-state index contributed by atoms with van der Waals surface area (Å²) in [6, 6.07) is 5.58. The second-order valence-corrected chi connectivity index (χ2v) is 10.3. The lowest BCUT2D eigenvalue weighted by atomic mass is 9.76. The van der Waals surface area contributed by atoms with Crippen LogP contribution in [0.15, 0.2) is 18.2 Å². The van der Waals surface area contributed by atoms with Crippen molar-refractivity contribution in [2.24, 2.45) is 11.8 Å². The molecule has 1 aromatic carbocycles. The molecule has 1 N–H and O–H groups in total. The van der Waals surface area contributed by atoms with E-state index in [-0.39, 0.29) is 12.1 Å². The smallest absolute Gasteiger partial charge is 0.321 e. The predicted molar refractivity (Wildman–Crippen MR) is 128 cm³/mol. The van der Waals surface area contributed by atoms with Crippen LogP contribution in [0.3, 0.4) is 0 Å². The Morgan fingerprint density at radius 3 is 2.51 bits per heavy atom. The Morgan fingerprint density at radius 2 is 1.69 bits per heavy atom. The lowest BCUT2D eigenvalue weighted by Gasteiger charge is -2.53. The van der Waals surface area contributed by atoms with E-state index in [0.717, 1.165) is 38.9 Å². The second kappa shape index (κ2) is 9.13. The number of nitrogens with one attached hydrogen (secondary N) is 1. The van der Waals surface area contributed by atoms with Crippen molar-refractivity contribution in [2.75, 3.05) is 64.3 Å². The molecule has 0 saturated carbocycles. The molecule has 10 nitrogen and oxygen atoms in total. The summed E-state index contributed by atoms with van der Waals surface area (Å²) in [5, 5.41) is 2.93. The van der Waals surface area contributed by atoms with Crippen molar-refractivity contribution in [3.05, 3.63) is 18.2 Å². The van der Waals surface area contributed by atoms with Crippen molar-refractivity contribution in [3.8, 4) is 11.5 Å². The van der Waals surface area contributed by atoms with Crippen LogP contribution in [0.25, 0.3) is 0 Å². The molecule has 188 valence electrons. The fraction of sp³-hybridized carbons (Fsp3) is 0.640. The summed E-state index contributed by atoms with van der Waals surface area (Å²) in [6.07, 6.45) is 3.81. The van der Waals surface area contributed by atoms with Crippen LogP contribution in [0.5, 0.6) is 11.5 Å². The Labute approximate surface area is 205 Å². The highest BCUT2D eigenvalue weighted by molar-refractivity contribution is 5.90. The van der Waals surface area contributed by atoms with Gasteiger partial charge in [0, 0.05) is 70.0 Å². The Bertz CT molecular complexity index is 1010. The number of ether oxygens (including phenoxy) is 2. The topological polar surface area (TPSA) is 94.7 Å². The number of benzene rings is 1. The third-order valence-electron chi connectivity index (χ3n) is 8.08. The maximum Gasteiger partial charge on any atom is 0.321 e. The van der Waals surface area contributed by atoms with Crippen molar-refractivity contribution in [1.82, 2.24) is 19.6 Å². The summed E-state index contributed by atoms with van der Waals surface area (Å²) in [7, 11) is 0. The predicted octanol–water partition coefficient (Wildman–Crippen LogP) is 2.06. The van der Waals surface area contributed by atoms with E-state index in [4.69, 9.17) is 9.47 Å². The molecule has 3 atom stereocenters. The van der Waals surface area contributed by atoms with Crippen molar-refractivity contribution in [2.45, 2.75) is 31.7 Å². The zero-order valence-electron chi connectivity index (χ0n) is 20.0. The van der Waals surface area contributed by atoms with Gasteiger partial charge in [0.25, 0.3) is 0 Å². The average molecular weight is 484 g/mol. The van der Waals surface area contributed by atoms with E-state index in [1.807, 2.05) is 9.80 Å². The Kier molecular flexibility index (Phi) is 5.82. The molecular formula is C25H33N5O5. The average Bonchev–Trinajstić information content (AvgIpc) is 2.89. The first-order valence-corrected chi connectivity index (χ1v) is 12.8. The third kappa shape index (κ3) is 4.34. The van der Waals surface area contributed by atoms with E-state index in [1.165, 1.54) is 0 Å². The maximum atomic E-state index is 13.3. The van der Waals surface area contributed by atoms with Gasteiger partial charge in [-0.25, -0.2) is 9.59 Å². The van der Waals surface area contributed by atoms with Gasteiger partial charge in [0.05, 0.1) is 0 Å². The number of carbonyl (C=O) groups excluding carboxylic acids is 3. The van der Waals surface area contributed by atoms with Crippen LogP contribution in [0.2, 0.25) is 0 Å². The minimum absolute atomic E-state index is 0.0715. The highest BCUT2D eigenvalue weighted by Gasteiger charge is 2.45. The molecule has 5 aliphatic heterocycles. The summed E-state index contributed by atoms with van der Waals surface area (Å²) >= 11 is 0. The standard InChI is InChI=1S/C25H33N5O5/c31-23-3-1-2-20-18-12-17(15-30(20)23)14-29(16-18)25(33)28-8-6-27(7-9-28)24(32)26-19-4-5-21-22(13-19)35-11-10-34-21/h4-5,13,17-18,20H,1-3,6-12,14-16H2,(H,26,32)/t17?,18?,20-/m1/s1. The third-order valence-corrected chi connectivity index (χ3v) is 8.08. The molecule has 4 fully saturated rings. The van der Waals surface area contributed by atoms with Gasteiger partial charge < -0.3 is 34.4 Å². The SMILES string of the molecule is O=C(Nc1ccc2c(c1)OCCO2)N1CCN(C(=O)N2CC3CC(C2)[C@H]2CCCC(=O)N2C3)CC1. The van der Waals surface area contributed by atoms with E-state index in [9.17, 15) is 14.4 Å². The summed E-state index contributed by atoms with van der Waals surface area (Å²) in [5.41, 5.74) is 0.660. The number of hydrogen-bond donors (Lipinski definition) is 1. The number of rotatable bonds is 1. The summed E-state index contributed by atoms with van der Waals surface area (Å²) in [5.74, 6) is 2.37. The normalized spacial score (nSPS) is 27.9. The molecule has 2 unspecified atom stereocenters. The molecule has 35 heavy (non-hydrogen) atoms. The molecule has 2 bridgehead atoms. The Balaban J connectivity index is 1.02. The van der Waals surface area contributed by atoms with Gasteiger partial charge >= 0.3 is 12.1 Å². The number of piperazine rings is 1. The van der Waals surface area contributed by atoms with Crippen LogP contribution in [0, 0.1) is 11.8 Å². The molecule has 10 heteroatoms. The molecule has 5 heterocycles. The van der Waals surface area contributed by atoms with Gasteiger partial charge in [0.1, 0.15) is 13.2 Å². The van der Waals surface area contributed by atoms with Gasteiger partial charge in [-0.1, -0.05) is 0 Å². The maximum absolute atomic E-state index is 13.3. The summed E-state index contributed by atoms with van der Waals surface area (Å²) in [4.78, 5) is 46.2. The minimum Gasteiger partial charge on any atom is -0.486 e. The number of carbonyl (C=O) groups is 3. The molecule has 0 spiro atoms. The summed E-state index contributed by atoms with van der Waals surface area (Å²) < 4.78 is 11.1. The second-order valence-electron chi connectivity index (χ2n) is 10.3. The van der Waals surface area contributed by atoms with Crippen LogP contribution in [0.1, 0.15) is 25.7 Å². The van der Waals surface area contributed by atoms with E-state index < -0.39 is 0 Å². The van der Waals surface area contributed by atoms with E-state index in [1.54, 1.807) is 23.1 Å². The van der Waals surface area contributed by atoms with Crippen LogP contribution >= 0.6 is 0 Å². The minimum atomic E-state index is -0.177. The largest absolute Gasteiger partial charge is 0.486 e. The number of urea groups is 2. The van der Waals surface area contributed by atoms with Crippen molar-refractivity contribution >= 4 is 23.7 Å². The van der Waals surface area contributed by atoms with Crippen molar-refractivity contribution in [3.63, 3.8) is 0 Å². The zero-order valence-corrected chi connectivity index (χ0v) is 20.0. The molecule has 4 saturated heterocycles. The van der Waals surface area contributed by atoms with Gasteiger partial charge in [-0.15, -0.1) is 0 Å². The van der Waals surface area contributed by atoms with Gasteiger partial charge in [0.15, 0.2) is 11.5 Å². The fourth-order valence-electron chi connectivity index (χ4n) is 6.39. The molecule has 0 aromatic heterocycles. The van der Waals surface area contributed by atoms with Crippen LogP contribution in [-0.2, 0) is 4.79 Å². The molecule has 5 amide bonds. The number of nitrogens with zero attached hydrogens (tertiary/aromatic N) is 4. The first-order chi connectivity index (χ1) is 17.0. The lowest BCUT2D eigenvalue weighted by molar-refractivity contribution is -0.144. The zero-order chi connectivity index (χ0) is 23.9. The van der Waals surface area contributed by atoms with E-state index >= 15 is 0 Å². The first-order valence-electron chi connectivity index (χ1n) is 12.8. The highest BCUT2D eigenvalue weighted by Crippen LogP contribution is 2.38. The first kappa shape index (κ1) is 22.3. The molecule has 0 radical (unpaired) electrons. The quantitative estimate of drug-likeness (QED) is 0.660. The van der Waals surface area contributed by atoms with Gasteiger partial charge in [-0.3, -0.25) is 4.79 Å². The fourth-order valence-corrected chi connectivity index (χ4v) is 6.39. The molecule has 0 aliphatic carbocycles. The van der Waals surface area contributed by atoms with Crippen LogP contribution in [0.4, 0.5) is 15.3 Å². The molecule has 5 aliphatic rings. The van der Waals surface area contributed by atoms with Gasteiger partial charge in [-0.05, 0) is 43.2 Å². The monoisotopic (exact) mass is 483 g/mol. The van der Waals surface area contributed by atoms with E-state index in [2.05, 4.69) is 10.2 Å². The van der Waals surface area contributed by atoms with Crippen LogP contribution < -0.4 is 14.8 Å². The number of hydrogen-bond acceptors (Lipinski definition) is 5. The number of fused-ring (bicyclic) bond motifs is 5. The number of anilines is 1. The van der Waals surface area contributed by atoms with Gasteiger partial charge in [-0.2, -0.15) is 0 Å². The molecule has 6 rings (SSSR count). The van der Waals surface area contributed by atoms with Crippen molar-refractivity contribution < 1.29 is 23.9 Å². The molecular weight excluding hydrogens is 450 g/mol. The van der Waals surface area contributed by atoms with Crippen molar-refractivity contribution in [1.29, 1.82) is 0 Å². The molecule has 1 aromatic rings. The Morgan fingerprint density at radius 1 is 0.914 bits per heavy atom. The van der Waals surface area contributed by atoms with E-state index in [0.29, 0.717) is 86.8 Å². The van der Waals surface area contributed by atoms with Gasteiger partial charge in [0.2, 0.25) is 5.91 Å². The number of piperidine rings is 3. The summed E-state index contributed by atoms with van der Waals surface area (Å²) in [6.45, 7) is 5.29. The van der Waals surface area contributed by atoms with Crippen LogP contribution in [-0.4, -0.2) is 103 Å². The number of amides is 5.